The van der Waals surface area contributed by atoms with E-state index in [1.807, 2.05) is 0 Å². The van der Waals surface area contributed by atoms with Crippen LogP contribution in [0.25, 0.3) is 11.3 Å². The van der Waals surface area contributed by atoms with Gasteiger partial charge in [-0.1, -0.05) is 0 Å². The van der Waals surface area contributed by atoms with Crippen LogP contribution in [0.5, 0.6) is 0 Å². The topological polar surface area (TPSA) is 70.2 Å². The normalized spacial score (nSPS) is 16.7. The lowest BCUT2D eigenvalue weighted by atomic mass is 9.87. The van der Waals surface area contributed by atoms with Crippen molar-refractivity contribution in [2.75, 3.05) is 26.4 Å². The number of aliphatic hydroxyl groups excluding tert-OH is 1. The van der Waals surface area contributed by atoms with Crippen molar-refractivity contribution in [3.63, 3.8) is 0 Å². The van der Waals surface area contributed by atoms with Crippen LogP contribution in [-0.2, 0) is 11.3 Å². The fraction of sp³-hybridized carbons (Fsp3) is 0.400. The largest absolute Gasteiger partial charge is 0.396 e. The van der Waals surface area contributed by atoms with E-state index < -0.39 is 0 Å². The highest BCUT2D eigenvalue weighted by Gasteiger charge is 2.37. The molecule has 0 unspecified atom stereocenters. The predicted octanol–water partition coefficient (Wildman–Crippen LogP) is 1.31. The molecule has 1 saturated heterocycles. The van der Waals surface area contributed by atoms with Crippen molar-refractivity contribution in [2.24, 2.45) is 5.41 Å². The van der Waals surface area contributed by atoms with Gasteiger partial charge in [-0.2, -0.15) is 5.10 Å². The molecule has 0 spiro atoms. The summed E-state index contributed by atoms with van der Waals surface area (Å²) in [5.41, 5.74) is 2.63. The van der Waals surface area contributed by atoms with Crippen LogP contribution < -0.4 is 5.32 Å². The minimum Gasteiger partial charge on any atom is -0.396 e. The van der Waals surface area contributed by atoms with Gasteiger partial charge in [0.15, 0.2) is 0 Å². The van der Waals surface area contributed by atoms with E-state index in [0.29, 0.717) is 26.3 Å². The van der Waals surface area contributed by atoms with Gasteiger partial charge >= 0.3 is 0 Å². The number of benzene rings is 1. The zero-order valence-corrected chi connectivity index (χ0v) is 11.6. The lowest BCUT2D eigenvalue weighted by Gasteiger charge is -2.40. The quantitative estimate of drug-likeness (QED) is 0.750. The zero-order valence-electron chi connectivity index (χ0n) is 11.6. The fourth-order valence-corrected chi connectivity index (χ4v) is 2.41. The van der Waals surface area contributed by atoms with Crippen LogP contribution >= 0.6 is 0 Å². The molecular weight excluding hydrogens is 273 g/mol. The summed E-state index contributed by atoms with van der Waals surface area (Å²) in [5, 5.41) is 19.7. The van der Waals surface area contributed by atoms with Crippen LogP contribution in [-0.4, -0.2) is 41.7 Å². The first-order chi connectivity index (χ1) is 10.2. The van der Waals surface area contributed by atoms with Crippen LogP contribution in [0.3, 0.4) is 0 Å². The Morgan fingerprint density at radius 1 is 1.33 bits per heavy atom. The smallest absolute Gasteiger partial charge is 0.123 e. The van der Waals surface area contributed by atoms with Crippen molar-refractivity contribution in [3.8, 4) is 11.3 Å². The van der Waals surface area contributed by atoms with Gasteiger partial charge in [-0.15, -0.1) is 0 Å². The van der Waals surface area contributed by atoms with Crippen LogP contribution in [0, 0.1) is 11.2 Å². The lowest BCUT2D eigenvalue weighted by molar-refractivity contribution is -0.134. The first kappa shape index (κ1) is 14.2. The molecule has 3 rings (SSSR count). The van der Waals surface area contributed by atoms with Crippen molar-refractivity contribution in [2.45, 2.75) is 6.54 Å². The van der Waals surface area contributed by atoms with Crippen molar-refractivity contribution in [1.82, 2.24) is 15.5 Å². The molecule has 21 heavy (non-hydrogen) atoms. The monoisotopic (exact) mass is 291 g/mol. The molecule has 1 aromatic carbocycles. The molecule has 0 radical (unpaired) electrons. The number of ether oxygens (including phenoxy) is 1. The van der Waals surface area contributed by atoms with Gasteiger partial charge in [0.2, 0.25) is 0 Å². The molecule has 2 aromatic rings. The highest BCUT2D eigenvalue weighted by molar-refractivity contribution is 5.62. The molecule has 0 atom stereocenters. The van der Waals surface area contributed by atoms with Crippen LogP contribution in [0.4, 0.5) is 4.39 Å². The molecule has 112 valence electrons. The third-order valence-corrected chi connectivity index (χ3v) is 3.82. The Morgan fingerprint density at radius 2 is 2.10 bits per heavy atom. The second-order valence-corrected chi connectivity index (χ2v) is 5.53. The molecule has 1 aromatic heterocycles. The third-order valence-electron chi connectivity index (χ3n) is 3.82. The molecule has 2 heterocycles. The summed E-state index contributed by atoms with van der Waals surface area (Å²) >= 11 is 0. The first-order valence-corrected chi connectivity index (χ1v) is 6.90. The maximum atomic E-state index is 13.0. The van der Waals surface area contributed by atoms with E-state index in [2.05, 4.69) is 15.5 Å². The average Bonchev–Trinajstić information content (AvgIpc) is 2.91. The number of aromatic amines is 1. The van der Waals surface area contributed by atoms with Gasteiger partial charge in [0.05, 0.1) is 37.1 Å². The van der Waals surface area contributed by atoms with Crippen LogP contribution in [0.15, 0.2) is 30.5 Å². The van der Waals surface area contributed by atoms with E-state index in [4.69, 9.17) is 4.74 Å². The molecule has 0 bridgehead atoms. The number of nitrogens with zero attached hydrogens (tertiary/aromatic N) is 1. The fourth-order valence-electron chi connectivity index (χ4n) is 2.41. The van der Waals surface area contributed by atoms with Crippen molar-refractivity contribution >= 4 is 0 Å². The number of nitrogens with one attached hydrogen (secondary N) is 2. The van der Waals surface area contributed by atoms with Crippen molar-refractivity contribution in [3.05, 3.63) is 41.8 Å². The van der Waals surface area contributed by atoms with E-state index in [0.717, 1.165) is 16.8 Å². The summed E-state index contributed by atoms with van der Waals surface area (Å²) in [6.45, 7) is 2.62. The van der Waals surface area contributed by atoms with E-state index in [1.165, 1.54) is 12.1 Å². The Bertz CT molecular complexity index is 588. The summed E-state index contributed by atoms with van der Waals surface area (Å²) in [5.74, 6) is -0.257. The van der Waals surface area contributed by atoms with E-state index in [9.17, 15) is 9.50 Å². The van der Waals surface area contributed by atoms with Gasteiger partial charge in [0.1, 0.15) is 5.82 Å². The lowest BCUT2D eigenvalue weighted by Crippen LogP contribution is -2.52. The standard InChI is InChI=1S/C15H18FN3O2/c16-13-3-1-11(2-4-13)14-12(6-18-19-14)5-17-7-15(8-20)9-21-10-15/h1-4,6,17,20H,5,7-10H2,(H,18,19). The van der Waals surface area contributed by atoms with E-state index in [1.54, 1.807) is 18.3 Å². The van der Waals surface area contributed by atoms with Gasteiger partial charge in [-0.3, -0.25) is 5.10 Å². The second kappa shape index (κ2) is 5.93. The Labute approximate surface area is 122 Å². The Kier molecular flexibility index (Phi) is 4.01. The molecule has 0 amide bonds. The summed E-state index contributed by atoms with van der Waals surface area (Å²) in [6.07, 6.45) is 1.76. The van der Waals surface area contributed by atoms with Crippen molar-refractivity contribution < 1.29 is 14.2 Å². The molecule has 0 aliphatic carbocycles. The number of hydrogen-bond donors (Lipinski definition) is 3. The summed E-state index contributed by atoms with van der Waals surface area (Å²) < 4.78 is 18.1. The van der Waals surface area contributed by atoms with Gasteiger partial charge in [-0.25, -0.2) is 4.39 Å². The Hall–Kier alpha value is -1.76. The molecule has 1 fully saturated rings. The minimum atomic E-state index is -0.257. The molecule has 6 heteroatoms. The molecule has 5 nitrogen and oxygen atoms in total. The zero-order chi connectivity index (χ0) is 14.7. The molecule has 1 aliphatic rings. The van der Waals surface area contributed by atoms with Gasteiger partial charge in [0, 0.05) is 24.2 Å². The molecule has 3 N–H and O–H groups in total. The Balaban J connectivity index is 1.64. The number of halogens is 1. The SMILES string of the molecule is OCC1(CNCc2cn[nH]c2-c2ccc(F)cc2)COC1. The number of hydrogen-bond acceptors (Lipinski definition) is 4. The predicted molar refractivity (Wildman–Crippen MR) is 76.0 cm³/mol. The average molecular weight is 291 g/mol. The maximum absolute atomic E-state index is 13.0. The highest BCUT2D eigenvalue weighted by Crippen LogP contribution is 2.26. The Morgan fingerprint density at radius 3 is 2.71 bits per heavy atom. The molecule has 1 aliphatic heterocycles. The van der Waals surface area contributed by atoms with E-state index >= 15 is 0 Å². The molecule has 0 saturated carbocycles. The van der Waals surface area contributed by atoms with Crippen LogP contribution in [0.1, 0.15) is 5.56 Å². The molecular formula is C15H18FN3O2. The van der Waals surface area contributed by atoms with Crippen molar-refractivity contribution in [1.29, 1.82) is 0 Å². The number of H-pyrrole nitrogens is 1. The number of aliphatic hydroxyl groups is 1. The second-order valence-electron chi connectivity index (χ2n) is 5.53. The minimum absolute atomic E-state index is 0.121. The summed E-state index contributed by atoms with van der Waals surface area (Å²) in [6, 6.07) is 6.31. The van der Waals surface area contributed by atoms with E-state index in [-0.39, 0.29) is 17.8 Å². The first-order valence-electron chi connectivity index (χ1n) is 6.90. The maximum Gasteiger partial charge on any atom is 0.123 e. The number of aromatic nitrogens is 2. The number of rotatable bonds is 6. The third kappa shape index (κ3) is 2.97. The van der Waals surface area contributed by atoms with Gasteiger partial charge in [-0.05, 0) is 24.3 Å². The van der Waals surface area contributed by atoms with Gasteiger partial charge in [0.25, 0.3) is 0 Å². The van der Waals surface area contributed by atoms with Gasteiger partial charge < -0.3 is 15.2 Å². The highest BCUT2D eigenvalue weighted by atomic mass is 19.1. The summed E-state index contributed by atoms with van der Waals surface area (Å²) in [4.78, 5) is 0. The summed E-state index contributed by atoms with van der Waals surface area (Å²) in [7, 11) is 0. The van der Waals surface area contributed by atoms with Crippen LogP contribution in [0.2, 0.25) is 0 Å².